The van der Waals surface area contributed by atoms with Crippen LogP contribution in [0.2, 0.25) is 0 Å². The predicted octanol–water partition coefficient (Wildman–Crippen LogP) is 2.89. The lowest BCUT2D eigenvalue weighted by Gasteiger charge is -2.03. The van der Waals surface area contributed by atoms with Gasteiger partial charge in [0.25, 0.3) is 0 Å². The number of hydrogen-bond donors (Lipinski definition) is 2. The van der Waals surface area contributed by atoms with E-state index in [1.807, 2.05) is 24.3 Å². The Bertz CT molecular complexity index is 733. The predicted molar refractivity (Wildman–Crippen MR) is 69.6 cm³/mol. The van der Waals surface area contributed by atoms with Crippen molar-refractivity contribution in [3.05, 3.63) is 36.7 Å². The van der Waals surface area contributed by atoms with E-state index >= 15 is 0 Å². The van der Waals surface area contributed by atoms with Gasteiger partial charge < -0.3 is 9.72 Å². The van der Waals surface area contributed by atoms with Crippen LogP contribution in [0.4, 0.5) is 10.5 Å². The van der Waals surface area contributed by atoms with Crippen LogP contribution in [-0.4, -0.2) is 23.2 Å². The molecule has 0 saturated carbocycles. The molecule has 0 radical (unpaired) electrons. The molecular weight excluding hydrogens is 230 g/mol. The molecule has 0 bridgehead atoms. The third-order valence-electron chi connectivity index (χ3n) is 2.83. The van der Waals surface area contributed by atoms with Crippen molar-refractivity contribution in [3.63, 3.8) is 0 Å². The van der Waals surface area contributed by atoms with E-state index in [1.165, 1.54) is 7.11 Å². The number of carbonyl (C=O) groups is 1. The van der Waals surface area contributed by atoms with Crippen LogP contribution in [0.3, 0.4) is 0 Å². The maximum Gasteiger partial charge on any atom is 0.411 e. The second-order valence-corrected chi connectivity index (χ2v) is 3.92. The molecule has 3 aromatic rings. The average molecular weight is 241 g/mol. The monoisotopic (exact) mass is 241 g/mol. The highest BCUT2D eigenvalue weighted by molar-refractivity contribution is 6.08. The molecule has 5 nitrogen and oxygen atoms in total. The average Bonchev–Trinajstić information content (AvgIpc) is 2.77. The van der Waals surface area contributed by atoms with Gasteiger partial charge in [-0.05, 0) is 24.3 Å². The number of methoxy groups -OCH3 is 1. The quantitative estimate of drug-likeness (QED) is 0.688. The van der Waals surface area contributed by atoms with E-state index in [0.717, 1.165) is 21.8 Å². The minimum absolute atomic E-state index is 0.476. The highest BCUT2D eigenvalue weighted by Gasteiger charge is 2.06. The lowest BCUT2D eigenvalue weighted by atomic mass is 10.2. The van der Waals surface area contributed by atoms with Crippen molar-refractivity contribution in [3.8, 4) is 0 Å². The molecule has 3 rings (SSSR count). The number of benzene rings is 1. The molecule has 5 heteroatoms. The summed E-state index contributed by atoms with van der Waals surface area (Å²) < 4.78 is 4.57. The first-order valence-electron chi connectivity index (χ1n) is 5.48. The molecule has 2 heterocycles. The summed E-state index contributed by atoms with van der Waals surface area (Å²) in [6.07, 6.45) is 3.05. The zero-order valence-corrected chi connectivity index (χ0v) is 9.73. The van der Waals surface area contributed by atoms with Gasteiger partial charge in [0.05, 0.1) is 18.8 Å². The number of anilines is 1. The number of carbonyl (C=O) groups excluding carboxylic acids is 1. The second kappa shape index (κ2) is 4.03. The Kier molecular flexibility index (Phi) is 2.37. The zero-order valence-electron chi connectivity index (χ0n) is 9.73. The van der Waals surface area contributed by atoms with Gasteiger partial charge in [0.2, 0.25) is 0 Å². The van der Waals surface area contributed by atoms with Gasteiger partial charge in [0.1, 0.15) is 0 Å². The molecule has 0 fully saturated rings. The van der Waals surface area contributed by atoms with Crippen LogP contribution in [-0.2, 0) is 4.74 Å². The molecule has 2 N–H and O–H groups in total. The standard InChI is InChI=1S/C13H11N3O2/c1-18-13(17)15-8-2-3-11-10(6-8)9-4-5-14-7-12(9)16-11/h2-7,16H,1H3,(H,15,17). The van der Waals surface area contributed by atoms with E-state index in [4.69, 9.17) is 0 Å². The van der Waals surface area contributed by atoms with E-state index < -0.39 is 6.09 Å². The molecule has 0 unspecified atom stereocenters. The molecule has 0 spiro atoms. The van der Waals surface area contributed by atoms with Crippen molar-refractivity contribution in [2.45, 2.75) is 0 Å². The summed E-state index contributed by atoms with van der Waals surface area (Å²) in [5.74, 6) is 0. The lowest BCUT2D eigenvalue weighted by molar-refractivity contribution is 0.187. The van der Waals surface area contributed by atoms with Gasteiger partial charge in [-0.15, -0.1) is 0 Å². The Morgan fingerprint density at radius 1 is 1.28 bits per heavy atom. The van der Waals surface area contributed by atoms with E-state index in [-0.39, 0.29) is 0 Å². The smallest absolute Gasteiger partial charge is 0.411 e. The number of pyridine rings is 1. The fourth-order valence-electron chi connectivity index (χ4n) is 2.00. The minimum atomic E-state index is -0.476. The van der Waals surface area contributed by atoms with Crippen LogP contribution < -0.4 is 5.32 Å². The minimum Gasteiger partial charge on any atom is -0.453 e. The highest BCUT2D eigenvalue weighted by atomic mass is 16.5. The van der Waals surface area contributed by atoms with Gasteiger partial charge >= 0.3 is 6.09 Å². The number of rotatable bonds is 1. The summed E-state index contributed by atoms with van der Waals surface area (Å²) in [6, 6.07) is 7.59. The first-order chi connectivity index (χ1) is 8.78. The summed E-state index contributed by atoms with van der Waals surface area (Å²) in [5, 5.41) is 4.77. The van der Waals surface area contributed by atoms with Crippen molar-refractivity contribution in [1.82, 2.24) is 9.97 Å². The fraction of sp³-hybridized carbons (Fsp3) is 0.0769. The van der Waals surface area contributed by atoms with Crippen molar-refractivity contribution >= 4 is 33.6 Å². The normalized spacial score (nSPS) is 10.7. The Labute approximate surface area is 103 Å². The Balaban J connectivity index is 2.15. The number of ether oxygens (including phenoxy) is 1. The maximum absolute atomic E-state index is 11.2. The molecule has 0 aliphatic carbocycles. The van der Waals surface area contributed by atoms with Crippen molar-refractivity contribution < 1.29 is 9.53 Å². The molecule has 1 aromatic carbocycles. The lowest BCUT2D eigenvalue weighted by Crippen LogP contribution is -2.10. The Hall–Kier alpha value is -2.56. The number of amides is 1. The first-order valence-corrected chi connectivity index (χ1v) is 5.48. The topological polar surface area (TPSA) is 67.0 Å². The maximum atomic E-state index is 11.2. The molecule has 18 heavy (non-hydrogen) atoms. The summed E-state index contributed by atoms with van der Waals surface area (Å²) in [6.45, 7) is 0. The van der Waals surface area contributed by atoms with E-state index in [9.17, 15) is 4.79 Å². The van der Waals surface area contributed by atoms with Crippen LogP contribution in [0.25, 0.3) is 21.8 Å². The number of hydrogen-bond acceptors (Lipinski definition) is 3. The van der Waals surface area contributed by atoms with Gasteiger partial charge in [-0.2, -0.15) is 0 Å². The number of fused-ring (bicyclic) bond motifs is 3. The molecule has 90 valence electrons. The van der Waals surface area contributed by atoms with Gasteiger partial charge in [0.15, 0.2) is 0 Å². The van der Waals surface area contributed by atoms with E-state index in [2.05, 4.69) is 20.0 Å². The van der Waals surface area contributed by atoms with Crippen molar-refractivity contribution in [2.75, 3.05) is 12.4 Å². The number of nitrogens with one attached hydrogen (secondary N) is 2. The zero-order chi connectivity index (χ0) is 12.5. The van der Waals surface area contributed by atoms with Gasteiger partial charge in [-0.25, -0.2) is 4.79 Å². The van der Waals surface area contributed by atoms with Gasteiger partial charge in [0, 0.05) is 28.2 Å². The number of H-pyrrole nitrogens is 1. The van der Waals surface area contributed by atoms with Crippen LogP contribution in [0.5, 0.6) is 0 Å². The van der Waals surface area contributed by atoms with Crippen molar-refractivity contribution in [1.29, 1.82) is 0 Å². The molecule has 0 saturated heterocycles. The summed E-state index contributed by atoms with van der Waals surface area (Å²) in [7, 11) is 1.34. The molecule has 0 aliphatic heterocycles. The van der Waals surface area contributed by atoms with Crippen LogP contribution in [0.1, 0.15) is 0 Å². The highest BCUT2D eigenvalue weighted by Crippen LogP contribution is 2.27. The van der Waals surface area contributed by atoms with E-state index in [1.54, 1.807) is 12.4 Å². The van der Waals surface area contributed by atoms with E-state index in [0.29, 0.717) is 5.69 Å². The Morgan fingerprint density at radius 3 is 3.00 bits per heavy atom. The number of aromatic amines is 1. The van der Waals surface area contributed by atoms with Gasteiger partial charge in [-0.3, -0.25) is 10.3 Å². The van der Waals surface area contributed by atoms with Gasteiger partial charge in [-0.1, -0.05) is 0 Å². The number of nitrogens with zero attached hydrogens (tertiary/aromatic N) is 1. The molecular formula is C13H11N3O2. The molecule has 0 atom stereocenters. The fourth-order valence-corrected chi connectivity index (χ4v) is 2.00. The third kappa shape index (κ3) is 1.66. The summed E-state index contributed by atoms with van der Waals surface area (Å²) in [4.78, 5) is 18.5. The molecule has 0 aliphatic rings. The molecule has 2 aromatic heterocycles. The summed E-state index contributed by atoms with van der Waals surface area (Å²) >= 11 is 0. The van der Waals surface area contributed by atoms with Crippen molar-refractivity contribution in [2.24, 2.45) is 0 Å². The first kappa shape index (κ1) is 10.6. The number of aromatic nitrogens is 2. The second-order valence-electron chi connectivity index (χ2n) is 3.92. The third-order valence-corrected chi connectivity index (χ3v) is 2.83. The SMILES string of the molecule is COC(=O)Nc1ccc2[nH]c3cnccc3c2c1. The Morgan fingerprint density at radius 2 is 2.17 bits per heavy atom. The van der Waals surface area contributed by atoms with Crippen LogP contribution in [0.15, 0.2) is 36.7 Å². The van der Waals surface area contributed by atoms with Crippen LogP contribution in [0, 0.1) is 0 Å². The largest absolute Gasteiger partial charge is 0.453 e. The van der Waals surface area contributed by atoms with Crippen LogP contribution >= 0.6 is 0 Å². The summed E-state index contributed by atoms with van der Waals surface area (Å²) in [5.41, 5.74) is 2.68. The molecule has 1 amide bonds.